The maximum atomic E-state index is 14.2. The zero-order valence-electron chi connectivity index (χ0n) is 15.2. The quantitative estimate of drug-likeness (QED) is 0.695. The first-order valence-electron chi connectivity index (χ1n) is 8.05. The predicted molar refractivity (Wildman–Crippen MR) is 96.9 cm³/mol. The maximum Gasteiger partial charge on any atom is 0.229 e. The van der Waals surface area contributed by atoms with Gasteiger partial charge in [0.2, 0.25) is 5.95 Å². The number of alkyl halides is 1. The van der Waals surface area contributed by atoms with Crippen molar-refractivity contribution >= 4 is 18.0 Å². The number of aliphatic imine (C=N–C) groups is 1. The van der Waals surface area contributed by atoms with E-state index in [1.54, 1.807) is 20.2 Å². The van der Waals surface area contributed by atoms with Crippen molar-refractivity contribution in [1.29, 1.82) is 0 Å². The van der Waals surface area contributed by atoms with Crippen LogP contribution in [0.3, 0.4) is 0 Å². The molecule has 1 aromatic rings. The largest absolute Gasteiger partial charge is 0.401 e. The molecule has 1 aromatic heterocycles. The molecule has 0 unspecified atom stereocenters. The summed E-state index contributed by atoms with van der Waals surface area (Å²) in [5, 5.41) is 5.97. The summed E-state index contributed by atoms with van der Waals surface area (Å²) in [6, 6.07) is 0.317. The van der Waals surface area contributed by atoms with Gasteiger partial charge in [0.05, 0.1) is 11.7 Å². The molecule has 4 N–H and O–H groups in total. The lowest BCUT2D eigenvalue weighted by Gasteiger charge is -2.18. The van der Waals surface area contributed by atoms with Crippen LogP contribution in [0.5, 0.6) is 0 Å². The number of aromatic nitrogens is 2. The summed E-state index contributed by atoms with van der Waals surface area (Å²) in [6.45, 7) is 9.09. The number of allylic oxidation sites excluding steroid dienone is 2. The van der Waals surface area contributed by atoms with Gasteiger partial charge in [0.15, 0.2) is 0 Å². The van der Waals surface area contributed by atoms with Gasteiger partial charge in [0.25, 0.3) is 0 Å². The van der Waals surface area contributed by atoms with Crippen LogP contribution in [0.1, 0.15) is 46.6 Å². The highest BCUT2D eigenvalue weighted by Crippen LogP contribution is 2.47. The van der Waals surface area contributed by atoms with E-state index in [4.69, 9.17) is 5.73 Å². The number of nitrogens with zero attached hydrogens (tertiary/aromatic N) is 3. The van der Waals surface area contributed by atoms with Crippen molar-refractivity contribution in [2.45, 2.75) is 52.8 Å². The topological polar surface area (TPSA) is 88.2 Å². The van der Waals surface area contributed by atoms with Gasteiger partial charge < -0.3 is 16.4 Å². The third kappa shape index (κ3) is 4.21. The van der Waals surface area contributed by atoms with Crippen molar-refractivity contribution in [2.24, 2.45) is 16.1 Å². The van der Waals surface area contributed by atoms with Crippen LogP contribution in [-0.2, 0) is 5.67 Å². The van der Waals surface area contributed by atoms with Crippen molar-refractivity contribution < 1.29 is 4.39 Å². The molecular weight excluding hydrogens is 307 g/mol. The number of hydrogen-bond acceptors (Lipinski definition) is 6. The predicted octanol–water partition coefficient (Wildman–Crippen LogP) is 3.19. The van der Waals surface area contributed by atoms with Crippen molar-refractivity contribution in [2.75, 3.05) is 17.7 Å². The lowest BCUT2D eigenvalue weighted by Crippen LogP contribution is -2.17. The summed E-state index contributed by atoms with van der Waals surface area (Å²) in [5.41, 5.74) is 6.28. The Morgan fingerprint density at radius 3 is 2.58 bits per heavy atom. The monoisotopic (exact) mass is 334 g/mol. The highest BCUT2D eigenvalue weighted by molar-refractivity contribution is 5.83. The van der Waals surface area contributed by atoms with E-state index >= 15 is 0 Å². The first kappa shape index (κ1) is 18.2. The minimum absolute atomic E-state index is 0.258. The van der Waals surface area contributed by atoms with Crippen LogP contribution in [0, 0.1) is 5.41 Å². The summed E-state index contributed by atoms with van der Waals surface area (Å²) in [5.74, 6) is 0.781. The van der Waals surface area contributed by atoms with Gasteiger partial charge in [-0.25, -0.2) is 9.37 Å². The van der Waals surface area contributed by atoms with Crippen LogP contribution in [0.4, 0.5) is 16.2 Å². The Morgan fingerprint density at radius 2 is 2.12 bits per heavy atom. The molecule has 1 saturated carbocycles. The molecule has 0 amide bonds. The molecule has 6 nitrogen and oxygen atoms in total. The summed E-state index contributed by atoms with van der Waals surface area (Å²) in [4.78, 5) is 13.1. The molecule has 1 heterocycles. The summed E-state index contributed by atoms with van der Waals surface area (Å²) in [6.07, 6.45) is 4.27. The van der Waals surface area contributed by atoms with E-state index in [9.17, 15) is 4.39 Å². The molecule has 1 aliphatic rings. The number of halogens is 1. The van der Waals surface area contributed by atoms with Gasteiger partial charge in [0, 0.05) is 30.7 Å². The van der Waals surface area contributed by atoms with E-state index in [1.165, 1.54) is 20.0 Å². The summed E-state index contributed by atoms with van der Waals surface area (Å²) >= 11 is 0. The van der Waals surface area contributed by atoms with Gasteiger partial charge in [-0.1, -0.05) is 13.8 Å². The number of anilines is 2. The molecule has 0 saturated heterocycles. The van der Waals surface area contributed by atoms with Crippen molar-refractivity contribution in [3.63, 3.8) is 0 Å². The lowest BCUT2D eigenvalue weighted by molar-refractivity contribution is 0.221. The van der Waals surface area contributed by atoms with Crippen molar-refractivity contribution in [3.05, 3.63) is 23.2 Å². The van der Waals surface area contributed by atoms with Gasteiger partial charge in [-0.05, 0) is 32.6 Å². The Kier molecular flexibility index (Phi) is 4.82. The number of nitrogens with one attached hydrogen (secondary N) is 2. The van der Waals surface area contributed by atoms with Gasteiger partial charge in [-0.3, -0.25) is 4.99 Å². The fourth-order valence-electron chi connectivity index (χ4n) is 2.28. The molecule has 0 aliphatic heterocycles. The van der Waals surface area contributed by atoms with Crippen molar-refractivity contribution in [1.82, 2.24) is 9.97 Å². The second-order valence-corrected chi connectivity index (χ2v) is 7.39. The molecule has 0 radical (unpaired) electrons. The molecule has 1 aliphatic carbocycles. The zero-order chi connectivity index (χ0) is 18.1. The third-order valence-corrected chi connectivity index (χ3v) is 4.18. The third-order valence-electron chi connectivity index (χ3n) is 4.18. The molecule has 0 spiro atoms. The highest BCUT2D eigenvalue weighted by Gasteiger charge is 2.45. The van der Waals surface area contributed by atoms with E-state index in [2.05, 4.69) is 39.4 Å². The molecule has 132 valence electrons. The molecule has 0 aromatic carbocycles. The second-order valence-electron chi connectivity index (χ2n) is 7.39. The smallest absolute Gasteiger partial charge is 0.229 e. The fraction of sp³-hybridized carbons (Fsp3) is 0.588. The Bertz CT molecular complexity index is 668. The lowest BCUT2D eigenvalue weighted by atomic mass is 10.0. The minimum atomic E-state index is -1.53. The number of hydrogen-bond donors (Lipinski definition) is 3. The van der Waals surface area contributed by atoms with Gasteiger partial charge >= 0.3 is 0 Å². The van der Waals surface area contributed by atoms with Gasteiger partial charge in [-0.2, -0.15) is 4.98 Å². The van der Waals surface area contributed by atoms with Gasteiger partial charge in [-0.15, -0.1) is 0 Å². The molecular formula is C17H27FN6. The van der Waals surface area contributed by atoms with Crippen LogP contribution >= 0.6 is 0 Å². The van der Waals surface area contributed by atoms with Crippen LogP contribution in [0.15, 0.2) is 22.6 Å². The molecule has 2 rings (SSSR count). The molecule has 1 fully saturated rings. The van der Waals surface area contributed by atoms with Crippen LogP contribution in [0.25, 0.3) is 0 Å². The Morgan fingerprint density at radius 1 is 1.50 bits per heavy atom. The maximum absolute atomic E-state index is 14.2. The van der Waals surface area contributed by atoms with Crippen LogP contribution in [0.2, 0.25) is 0 Å². The average Bonchev–Trinajstić information content (AvgIpc) is 3.09. The van der Waals surface area contributed by atoms with Crippen LogP contribution < -0.4 is 16.4 Å². The number of rotatable bonds is 6. The summed E-state index contributed by atoms with van der Waals surface area (Å²) in [7, 11) is 1.70. The first-order chi connectivity index (χ1) is 11.0. The zero-order valence-corrected chi connectivity index (χ0v) is 15.2. The van der Waals surface area contributed by atoms with E-state index in [-0.39, 0.29) is 5.41 Å². The Balaban J connectivity index is 2.20. The van der Waals surface area contributed by atoms with Gasteiger partial charge in [0.1, 0.15) is 11.5 Å². The SMILES string of the molecule is CNc1nc(NC(C=N[C@H]2CC2(C)C)=C(C)N)ncc1C(C)(C)F. The normalized spacial score (nSPS) is 20.7. The van der Waals surface area contributed by atoms with E-state index in [0.717, 1.165) is 6.42 Å². The molecule has 24 heavy (non-hydrogen) atoms. The number of nitrogens with two attached hydrogens (primary N) is 1. The standard InChI is InChI=1S/C17H27FN6/c1-10(19)12(9-21-13-7-16(13,2)3)23-15-22-8-11(17(4,5)18)14(20-6)24-15/h8-9,13H,7,19H2,1-6H3,(H2,20,22,23,24)/t13-/m0/s1. The van der Waals surface area contributed by atoms with E-state index in [1.807, 2.05) is 0 Å². The first-order valence-corrected chi connectivity index (χ1v) is 8.05. The van der Waals surface area contributed by atoms with Crippen LogP contribution in [-0.4, -0.2) is 29.3 Å². The Hall–Kier alpha value is -2.18. The van der Waals surface area contributed by atoms with E-state index in [0.29, 0.717) is 34.8 Å². The van der Waals surface area contributed by atoms with E-state index < -0.39 is 5.67 Å². The average molecular weight is 334 g/mol. The fourth-order valence-corrected chi connectivity index (χ4v) is 2.28. The van der Waals surface area contributed by atoms with Crippen molar-refractivity contribution in [3.8, 4) is 0 Å². The minimum Gasteiger partial charge on any atom is -0.401 e. The Labute approximate surface area is 142 Å². The molecule has 1 atom stereocenters. The molecule has 0 bridgehead atoms. The molecule has 7 heteroatoms. The highest BCUT2D eigenvalue weighted by atomic mass is 19.1. The summed E-state index contributed by atoms with van der Waals surface area (Å²) < 4.78 is 14.2. The second kappa shape index (κ2) is 6.37.